The van der Waals surface area contributed by atoms with E-state index in [-0.39, 0.29) is 24.0 Å². The Morgan fingerprint density at radius 3 is 3.00 bits per heavy atom. The van der Waals surface area contributed by atoms with Gasteiger partial charge in [0.2, 0.25) is 5.91 Å². The fraction of sp³-hybridized carbons (Fsp3) is 0.353. The molecular formula is C17H19FN4O3. The first-order chi connectivity index (χ1) is 12.0. The second-order valence-corrected chi connectivity index (χ2v) is 5.75. The van der Waals surface area contributed by atoms with Crippen LogP contribution in [-0.2, 0) is 4.79 Å². The molecule has 0 saturated carbocycles. The quantitative estimate of drug-likeness (QED) is 0.884. The maximum atomic E-state index is 13.9. The van der Waals surface area contributed by atoms with Crippen molar-refractivity contribution in [2.45, 2.75) is 13.8 Å². The van der Waals surface area contributed by atoms with Crippen molar-refractivity contribution in [2.75, 3.05) is 31.1 Å². The minimum absolute atomic E-state index is 0.0959. The van der Waals surface area contributed by atoms with Crippen LogP contribution in [0, 0.1) is 12.7 Å². The van der Waals surface area contributed by atoms with Crippen LogP contribution >= 0.6 is 0 Å². The Morgan fingerprint density at radius 2 is 2.28 bits per heavy atom. The highest BCUT2D eigenvalue weighted by Gasteiger charge is 2.23. The molecule has 1 aliphatic heterocycles. The minimum atomic E-state index is -0.606. The van der Waals surface area contributed by atoms with Crippen LogP contribution in [0.2, 0.25) is 0 Å². The number of nitrogens with one attached hydrogen (secondary N) is 2. The first-order valence-corrected chi connectivity index (χ1v) is 8.06. The van der Waals surface area contributed by atoms with E-state index in [2.05, 4.69) is 15.6 Å². The van der Waals surface area contributed by atoms with Crippen LogP contribution in [0.4, 0.5) is 15.0 Å². The van der Waals surface area contributed by atoms with E-state index in [1.807, 2.05) is 0 Å². The molecular weight excluding hydrogens is 327 g/mol. The molecule has 0 radical (unpaired) electrons. The molecule has 1 aromatic carbocycles. The Balaban J connectivity index is 2.10. The largest absolute Gasteiger partial charge is 0.412 e. The van der Waals surface area contributed by atoms with Gasteiger partial charge in [0.05, 0.1) is 12.1 Å². The molecule has 1 aliphatic rings. The molecule has 1 saturated heterocycles. The summed E-state index contributed by atoms with van der Waals surface area (Å²) in [6.45, 7) is 4.92. The Bertz CT molecular complexity index is 840. The van der Waals surface area contributed by atoms with Gasteiger partial charge >= 0.3 is 6.09 Å². The van der Waals surface area contributed by atoms with Crippen LogP contribution in [0.5, 0.6) is 5.75 Å². The van der Waals surface area contributed by atoms with Crippen molar-refractivity contribution in [1.29, 1.82) is 0 Å². The average Bonchev–Trinajstić information content (AvgIpc) is 2.58. The van der Waals surface area contributed by atoms with Crippen LogP contribution in [-0.4, -0.2) is 43.2 Å². The van der Waals surface area contributed by atoms with Crippen molar-refractivity contribution in [3.63, 3.8) is 0 Å². The van der Waals surface area contributed by atoms with Crippen LogP contribution < -0.4 is 20.3 Å². The highest BCUT2D eigenvalue weighted by atomic mass is 19.1. The number of hydrogen-bond acceptors (Lipinski definition) is 5. The summed E-state index contributed by atoms with van der Waals surface area (Å²) in [5, 5.41) is 5.94. The van der Waals surface area contributed by atoms with Crippen LogP contribution in [0.3, 0.4) is 0 Å². The minimum Gasteiger partial charge on any atom is -0.406 e. The number of piperazine rings is 1. The molecule has 132 valence electrons. The number of aromatic nitrogens is 1. The molecule has 0 bridgehead atoms. The molecule has 2 aromatic rings. The molecule has 0 atom stereocenters. The monoisotopic (exact) mass is 346 g/mol. The van der Waals surface area contributed by atoms with Crippen molar-refractivity contribution >= 4 is 28.7 Å². The maximum absolute atomic E-state index is 13.9. The number of hydrogen-bond donors (Lipinski definition) is 2. The van der Waals surface area contributed by atoms with Gasteiger partial charge < -0.3 is 20.3 Å². The smallest absolute Gasteiger partial charge is 0.406 e. The molecule has 1 aromatic heterocycles. The fourth-order valence-corrected chi connectivity index (χ4v) is 2.73. The fourth-order valence-electron chi connectivity index (χ4n) is 2.73. The van der Waals surface area contributed by atoms with Gasteiger partial charge in [-0.2, -0.15) is 0 Å². The summed E-state index contributed by atoms with van der Waals surface area (Å²) >= 11 is 0. The summed E-state index contributed by atoms with van der Waals surface area (Å²) in [5.41, 5.74) is 0.883. The summed E-state index contributed by atoms with van der Waals surface area (Å²) in [6.07, 6.45) is -0.606. The number of aryl methyl sites for hydroxylation is 1. The number of nitrogens with zero attached hydrogens (tertiary/aromatic N) is 2. The first-order valence-electron chi connectivity index (χ1n) is 8.06. The summed E-state index contributed by atoms with van der Waals surface area (Å²) in [4.78, 5) is 29.8. The highest BCUT2D eigenvalue weighted by Crippen LogP contribution is 2.32. The van der Waals surface area contributed by atoms with Crippen molar-refractivity contribution in [2.24, 2.45) is 0 Å². The van der Waals surface area contributed by atoms with E-state index in [1.165, 1.54) is 6.07 Å². The molecule has 0 unspecified atom stereocenters. The van der Waals surface area contributed by atoms with Gasteiger partial charge in [0.1, 0.15) is 5.82 Å². The number of halogens is 1. The van der Waals surface area contributed by atoms with E-state index in [4.69, 9.17) is 4.74 Å². The topological polar surface area (TPSA) is 83.6 Å². The highest BCUT2D eigenvalue weighted by molar-refractivity contribution is 5.89. The normalized spacial score (nSPS) is 14.4. The molecule has 0 aliphatic carbocycles. The molecule has 3 rings (SSSR count). The summed E-state index contributed by atoms with van der Waals surface area (Å²) in [7, 11) is 0. The Hall–Kier alpha value is -2.90. The van der Waals surface area contributed by atoms with E-state index in [0.717, 1.165) is 0 Å². The number of carbonyl (C=O) groups excluding carboxylic acids is 2. The molecule has 2 N–H and O–H groups in total. The molecule has 2 amide bonds. The standard InChI is InChI=1S/C17H19FN4O3/c1-3-19-17(24)25-13-8-11-4-5-12(18)10(2)15(11)21-16(13)22-7-6-20-14(23)9-22/h4-5,8H,3,6-7,9H2,1-2H3,(H,19,24)(H,20,23). The number of fused-ring (bicyclic) bond motifs is 1. The number of benzene rings is 1. The van der Waals surface area contributed by atoms with Gasteiger partial charge in [-0.1, -0.05) is 0 Å². The van der Waals surface area contributed by atoms with E-state index in [1.54, 1.807) is 30.9 Å². The lowest BCUT2D eigenvalue weighted by molar-refractivity contribution is -0.120. The van der Waals surface area contributed by atoms with Gasteiger partial charge in [-0.15, -0.1) is 0 Å². The Morgan fingerprint density at radius 1 is 1.48 bits per heavy atom. The van der Waals surface area contributed by atoms with Crippen molar-refractivity contribution < 1.29 is 18.7 Å². The SMILES string of the molecule is CCNC(=O)Oc1cc2ccc(F)c(C)c2nc1N1CCNC(=O)C1. The molecule has 7 nitrogen and oxygen atoms in total. The second kappa shape index (κ2) is 6.92. The average molecular weight is 346 g/mol. The van der Waals surface area contributed by atoms with Gasteiger partial charge in [0.15, 0.2) is 11.6 Å². The molecule has 1 fully saturated rings. The number of anilines is 1. The van der Waals surface area contributed by atoms with Crippen LogP contribution in [0.1, 0.15) is 12.5 Å². The molecule has 2 heterocycles. The van der Waals surface area contributed by atoms with Crippen LogP contribution in [0.15, 0.2) is 18.2 Å². The Kier molecular flexibility index (Phi) is 4.69. The summed E-state index contributed by atoms with van der Waals surface area (Å²) in [5.74, 6) is 0.0780. The van der Waals surface area contributed by atoms with Crippen LogP contribution in [0.25, 0.3) is 10.9 Å². The third-order valence-corrected chi connectivity index (χ3v) is 3.98. The van der Waals surface area contributed by atoms with E-state index >= 15 is 0 Å². The number of rotatable bonds is 3. The number of ether oxygens (including phenoxy) is 1. The zero-order chi connectivity index (χ0) is 18.0. The van der Waals surface area contributed by atoms with Gasteiger partial charge in [0, 0.05) is 30.6 Å². The number of carbonyl (C=O) groups is 2. The zero-order valence-electron chi connectivity index (χ0n) is 14.1. The van der Waals surface area contributed by atoms with Gasteiger partial charge in [-0.25, -0.2) is 14.2 Å². The van der Waals surface area contributed by atoms with Crippen molar-refractivity contribution in [1.82, 2.24) is 15.6 Å². The molecule has 8 heteroatoms. The lowest BCUT2D eigenvalue weighted by atomic mass is 10.1. The van der Waals surface area contributed by atoms with Crippen molar-refractivity contribution in [3.05, 3.63) is 29.6 Å². The molecule has 25 heavy (non-hydrogen) atoms. The number of amides is 2. The number of pyridine rings is 1. The van der Waals surface area contributed by atoms with E-state index in [9.17, 15) is 14.0 Å². The summed E-state index contributed by atoms with van der Waals surface area (Å²) in [6, 6.07) is 4.58. The lowest BCUT2D eigenvalue weighted by Crippen LogP contribution is -2.48. The van der Waals surface area contributed by atoms with Gasteiger partial charge in [-0.05, 0) is 32.0 Å². The third-order valence-electron chi connectivity index (χ3n) is 3.98. The molecule has 0 spiro atoms. The lowest BCUT2D eigenvalue weighted by Gasteiger charge is -2.29. The summed E-state index contributed by atoms with van der Waals surface area (Å²) < 4.78 is 19.3. The first kappa shape index (κ1) is 16.9. The predicted octanol–water partition coefficient (Wildman–Crippen LogP) is 1.73. The van der Waals surface area contributed by atoms with Crippen molar-refractivity contribution in [3.8, 4) is 5.75 Å². The Labute approximate surface area is 144 Å². The van der Waals surface area contributed by atoms with Gasteiger partial charge in [-0.3, -0.25) is 4.79 Å². The van der Waals surface area contributed by atoms with Gasteiger partial charge in [0.25, 0.3) is 0 Å². The van der Waals surface area contributed by atoms with E-state index < -0.39 is 6.09 Å². The van der Waals surface area contributed by atoms with E-state index in [0.29, 0.717) is 41.9 Å². The predicted molar refractivity (Wildman–Crippen MR) is 91.4 cm³/mol. The second-order valence-electron chi connectivity index (χ2n) is 5.75. The zero-order valence-corrected chi connectivity index (χ0v) is 14.1. The third kappa shape index (κ3) is 3.47. The maximum Gasteiger partial charge on any atom is 0.412 e.